The molecular formula is C13H17BrN2. The summed E-state index contributed by atoms with van der Waals surface area (Å²) in [5.41, 5.74) is 1.10. The smallest absolute Gasteiger partial charge is 0.0839 e. The van der Waals surface area contributed by atoms with Crippen LogP contribution in [-0.4, -0.2) is 24.5 Å². The molecule has 0 fully saturated rings. The number of rotatable bonds is 5. The van der Waals surface area contributed by atoms with Crippen LogP contribution in [0.2, 0.25) is 0 Å². The average Bonchev–Trinajstić information content (AvgIpc) is 2.32. The molecule has 86 valence electrons. The van der Waals surface area contributed by atoms with Crippen molar-refractivity contribution in [2.75, 3.05) is 19.6 Å². The topological polar surface area (TPSA) is 27.0 Å². The largest absolute Gasteiger partial charge is 0.302 e. The fourth-order valence-corrected chi connectivity index (χ4v) is 1.92. The molecule has 2 nitrogen and oxygen atoms in total. The summed E-state index contributed by atoms with van der Waals surface area (Å²) >= 11 is 3.40. The number of halogens is 1. The maximum atomic E-state index is 9.20. The molecule has 0 saturated carbocycles. The van der Waals surface area contributed by atoms with Crippen molar-refractivity contribution in [1.29, 1.82) is 5.26 Å². The molecule has 0 radical (unpaired) electrons. The molecule has 1 rings (SSSR count). The van der Waals surface area contributed by atoms with Gasteiger partial charge in [-0.2, -0.15) is 5.26 Å². The summed E-state index contributed by atoms with van der Waals surface area (Å²) in [5, 5.41) is 9.20. The highest BCUT2D eigenvalue weighted by Crippen LogP contribution is 2.19. The SMILES string of the molecule is CCN(CC)CC(C#N)c1ccc(Br)cc1. The maximum absolute atomic E-state index is 9.20. The van der Waals surface area contributed by atoms with Crippen LogP contribution in [0, 0.1) is 11.3 Å². The van der Waals surface area contributed by atoms with Crippen LogP contribution in [0.25, 0.3) is 0 Å². The summed E-state index contributed by atoms with van der Waals surface area (Å²) in [7, 11) is 0. The third-order valence-corrected chi connectivity index (χ3v) is 3.29. The van der Waals surface area contributed by atoms with Crippen molar-refractivity contribution in [2.45, 2.75) is 19.8 Å². The fourth-order valence-electron chi connectivity index (χ4n) is 1.66. The summed E-state index contributed by atoms with van der Waals surface area (Å²) in [6, 6.07) is 10.4. The Bertz CT molecular complexity index is 349. The second-order valence-corrected chi connectivity index (χ2v) is 4.63. The summed E-state index contributed by atoms with van der Waals surface area (Å²) in [4.78, 5) is 2.27. The van der Waals surface area contributed by atoms with Crippen LogP contribution in [0.3, 0.4) is 0 Å². The first-order valence-corrected chi connectivity index (χ1v) is 6.38. The van der Waals surface area contributed by atoms with Gasteiger partial charge in [-0.1, -0.05) is 41.9 Å². The number of likely N-dealkylation sites (N-methyl/N-ethyl adjacent to an activating group) is 1. The first kappa shape index (κ1) is 13.2. The predicted octanol–water partition coefficient (Wildman–Crippen LogP) is 3.40. The molecule has 0 spiro atoms. The molecule has 1 aromatic rings. The second-order valence-electron chi connectivity index (χ2n) is 3.72. The Morgan fingerprint density at radius 1 is 1.25 bits per heavy atom. The van der Waals surface area contributed by atoms with E-state index in [-0.39, 0.29) is 5.92 Å². The summed E-state index contributed by atoms with van der Waals surface area (Å²) < 4.78 is 1.05. The van der Waals surface area contributed by atoms with Gasteiger partial charge in [0.25, 0.3) is 0 Å². The van der Waals surface area contributed by atoms with Crippen LogP contribution < -0.4 is 0 Å². The van der Waals surface area contributed by atoms with E-state index in [4.69, 9.17) is 0 Å². The lowest BCUT2D eigenvalue weighted by Gasteiger charge is -2.21. The molecule has 0 heterocycles. The van der Waals surface area contributed by atoms with Crippen molar-refractivity contribution in [3.8, 4) is 6.07 Å². The van der Waals surface area contributed by atoms with Crippen molar-refractivity contribution in [3.63, 3.8) is 0 Å². The van der Waals surface area contributed by atoms with Gasteiger partial charge >= 0.3 is 0 Å². The van der Waals surface area contributed by atoms with E-state index in [2.05, 4.69) is 40.7 Å². The quantitative estimate of drug-likeness (QED) is 0.827. The Morgan fingerprint density at radius 2 is 1.81 bits per heavy atom. The van der Waals surface area contributed by atoms with Gasteiger partial charge in [0.15, 0.2) is 0 Å². The number of nitrogens with zero attached hydrogens (tertiary/aromatic N) is 2. The van der Waals surface area contributed by atoms with Gasteiger partial charge in [-0.05, 0) is 30.8 Å². The van der Waals surface area contributed by atoms with E-state index < -0.39 is 0 Å². The van der Waals surface area contributed by atoms with Gasteiger partial charge in [0.05, 0.1) is 12.0 Å². The van der Waals surface area contributed by atoms with E-state index in [1.807, 2.05) is 24.3 Å². The van der Waals surface area contributed by atoms with Crippen molar-refractivity contribution in [3.05, 3.63) is 34.3 Å². The van der Waals surface area contributed by atoms with Crippen molar-refractivity contribution in [1.82, 2.24) is 4.90 Å². The van der Waals surface area contributed by atoms with Crippen LogP contribution in [0.5, 0.6) is 0 Å². The monoisotopic (exact) mass is 280 g/mol. The number of hydrogen-bond acceptors (Lipinski definition) is 2. The molecule has 16 heavy (non-hydrogen) atoms. The molecule has 0 amide bonds. The highest BCUT2D eigenvalue weighted by Gasteiger charge is 2.13. The first-order chi connectivity index (χ1) is 7.71. The molecule has 0 bridgehead atoms. The van der Waals surface area contributed by atoms with Crippen LogP contribution >= 0.6 is 15.9 Å². The van der Waals surface area contributed by atoms with Crippen LogP contribution in [0.15, 0.2) is 28.7 Å². The zero-order chi connectivity index (χ0) is 12.0. The Kier molecular flexibility index (Phi) is 5.51. The van der Waals surface area contributed by atoms with Gasteiger partial charge in [-0.15, -0.1) is 0 Å². The van der Waals surface area contributed by atoms with E-state index in [9.17, 15) is 5.26 Å². The highest BCUT2D eigenvalue weighted by molar-refractivity contribution is 9.10. The second kappa shape index (κ2) is 6.67. The van der Waals surface area contributed by atoms with Gasteiger partial charge in [-0.3, -0.25) is 0 Å². The van der Waals surface area contributed by atoms with Gasteiger partial charge in [0, 0.05) is 11.0 Å². The zero-order valence-electron chi connectivity index (χ0n) is 9.78. The normalized spacial score (nSPS) is 12.4. The Morgan fingerprint density at radius 3 is 2.25 bits per heavy atom. The Balaban J connectivity index is 2.75. The molecule has 0 aromatic heterocycles. The molecule has 0 aliphatic rings. The molecule has 1 atom stereocenters. The summed E-state index contributed by atoms with van der Waals surface area (Å²) in [6.45, 7) is 7.04. The zero-order valence-corrected chi connectivity index (χ0v) is 11.4. The summed E-state index contributed by atoms with van der Waals surface area (Å²) in [5.74, 6) is -0.0343. The van der Waals surface area contributed by atoms with Crippen LogP contribution in [0.4, 0.5) is 0 Å². The van der Waals surface area contributed by atoms with Crippen molar-refractivity contribution in [2.24, 2.45) is 0 Å². The van der Waals surface area contributed by atoms with E-state index in [0.29, 0.717) is 0 Å². The molecular weight excluding hydrogens is 264 g/mol. The Hall–Kier alpha value is -0.850. The molecule has 0 N–H and O–H groups in total. The van der Waals surface area contributed by atoms with Gasteiger partial charge < -0.3 is 4.90 Å². The third kappa shape index (κ3) is 3.62. The van der Waals surface area contributed by atoms with E-state index >= 15 is 0 Å². The predicted molar refractivity (Wildman–Crippen MR) is 70.3 cm³/mol. The molecule has 0 aliphatic heterocycles. The highest BCUT2D eigenvalue weighted by atomic mass is 79.9. The lowest BCUT2D eigenvalue weighted by atomic mass is 10.0. The molecule has 0 aliphatic carbocycles. The van der Waals surface area contributed by atoms with Gasteiger partial charge in [0.2, 0.25) is 0 Å². The fraction of sp³-hybridized carbons (Fsp3) is 0.462. The van der Waals surface area contributed by atoms with Crippen molar-refractivity contribution < 1.29 is 0 Å². The maximum Gasteiger partial charge on any atom is 0.0839 e. The standard InChI is InChI=1S/C13H17BrN2/c1-3-16(4-2)10-12(9-15)11-5-7-13(14)8-6-11/h5-8,12H,3-4,10H2,1-2H3. The van der Waals surface area contributed by atoms with E-state index in [0.717, 1.165) is 29.7 Å². The molecule has 1 unspecified atom stereocenters. The molecule has 1 aromatic carbocycles. The minimum atomic E-state index is -0.0343. The van der Waals surface area contributed by atoms with E-state index in [1.165, 1.54) is 0 Å². The number of nitriles is 1. The Labute approximate surface area is 106 Å². The van der Waals surface area contributed by atoms with Gasteiger partial charge in [-0.25, -0.2) is 0 Å². The third-order valence-electron chi connectivity index (χ3n) is 2.76. The summed E-state index contributed by atoms with van der Waals surface area (Å²) in [6.07, 6.45) is 0. The van der Waals surface area contributed by atoms with Crippen LogP contribution in [-0.2, 0) is 0 Å². The minimum absolute atomic E-state index is 0.0343. The van der Waals surface area contributed by atoms with Gasteiger partial charge in [0.1, 0.15) is 0 Å². The van der Waals surface area contributed by atoms with E-state index in [1.54, 1.807) is 0 Å². The lowest BCUT2D eigenvalue weighted by molar-refractivity contribution is 0.298. The number of hydrogen-bond donors (Lipinski definition) is 0. The number of benzene rings is 1. The molecule has 3 heteroatoms. The van der Waals surface area contributed by atoms with Crippen molar-refractivity contribution >= 4 is 15.9 Å². The first-order valence-electron chi connectivity index (χ1n) is 5.58. The molecule has 0 saturated heterocycles. The average molecular weight is 281 g/mol. The van der Waals surface area contributed by atoms with Crippen LogP contribution in [0.1, 0.15) is 25.3 Å². The minimum Gasteiger partial charge on any atom is -0.302 e. The lowest BCUT2D eigenvalue weighted by Crippen LogP contribution is -2.27.